The van der Waals surface area contributed by atoms with Crippen LogP contribution in [0.4, 0.5) is 15.8 Å². The molecule has 2 amide bonds. The summed E-state index contributed by atoms with van der Waals surface area (Å²) in [4.78, 5) is 31.7. The number of rotatable bonds is 4. The Bertz CT molecular complexity index is 1640. The lowest BCUT2D eigenvalue weighted by Gasteiger charge is -2.35. The van der Waals surface area contributed by atoms with Gasteiger partial charge in [0.05, 0.1) is 0 Å². The van der Waals surface area contributed by atoms with Crippen molar-refractivity contribution in [1.29, 1.82) is 0 Å². The number of nitrogens with zero attached hydrogens (tertiary/aromatic N) is 2. The Morgan fingerprint density at radius 2 is 1.68 bits per heavy atom. The summed E-state index contributed by atoms with van der Waals surface area (Å²) in [5, 5.41) is 3.56. The van der Waals surface area contributed by atoms with Gasteiger partial charge in [0.1, 0.15) is 5.82 Å². The largest absolute Gasteiger partial charge is 0.322 e. The van der Waals surface area contributed by atoms with Crippen molar-refractivity contribution in [2.75, 3.05) is 16.8 Å². The number of nitrogens with one attached hydrogen (secondary N) is 1. The number of halogens is 2. The molecule has 1 aliphatic carbocycles. The highest BCUT2D eigenvalue weighted by atomic mass is 35.5. The first-order chi connectivity index (χ1) is 19.9. The molecule has 3 aliphatic rings. The molecular formula is C34H29ClFN3O2. The molecule has 4 aromatic carbocycles. The van der Waals surface area contributed by atoms with Crippen molar-refractivity contribution in [2.45, 2.75) is 37.9 Å². The van der Waals surface area contributed by atoms with Crippen LogP contribution in [0.25, 0.3) is 11.1 Å². The first-order valence-electron chi connectivity index (χ1n) is 14.1. The number of carbonyl (C=O) groups excluding carboxylic acids is 2. The van der Waals surface area contributed by atoms with Crippen molar-refractivity contribution in [3.05, 3.63) is 119 Å². The molecule has 41 heavy (non-hydrogen) atoms. The number of carbonyl (C=O) groups is 2. The summed E-state index contributed by atoms with van der Waals surface area (Å²) < 4.78 is 13.4. The molecule has 5 nitrogen and oxygen atoms in total. The number of amides is 2. The third-order valence-corrected chi connectivity index (χ3v) is 9.14. The Kier molecular flexibility index (Phi) is 6.60. The molecule has 1 N–H and O–H groups in total. The van der Waals surface area contributed by atoms with Gasteiger partial charge in [0.25, 0.3) is 11.8 Å². The van der Waals surface area contributed by atoms with E-state index < -0.39 is 0 Å². The summed E-state index contributed by atoms with van der Waals surface area (Å²) in [6, 6.07) is 27.2. The van der Waals surface area contributed by atoms with Gasteiger partial charge in [0, 0.05) is 52.7 Å². The second-order valence-electron chi connectivity index (χ2n) is 11.2. The van der Waals surface area contributed by atoms with Gasteiger partial charge in [-0.2, -0.15) is 0 Å². The van der Waals surface area contributed by atoms with Crippen LogP contribution >= 0.6 is 11.6 Å². The van der Waals surface area contributed by atoms with Crippen molar-refractivity contribution >= 4 is 34.8 Å². The highest BCUT2D eigenvalue weighted by Crippen LogP contribution is 2.46. The fourth-order valence-corrected chi connectivity index (χ4v) is 7.06. The fourth-order valence-electron chi connectivity index (χ4n) is 6.89. The van der Waals surface area contributed by atoms with Gasteiger partial charge in [0.2, 0.25) is 0 Å². The third kappa shape index (κ3) is 4.81. The molecule has 3 atom stereocenters. The highest BCUT2D eigenvalue weighted by molar-refractivity contribution is 6.31. The van der Waals surface area contributed by atoms with E-state index in [-0.39, 0.29) is 17.6 Å². The third-order valence-electron chi connectivity index (χ3n) is 8.91. The van der Waals surface area contributed by atoms with E-state index >= 15 is 0 Å². The first kappa shape index (κ1) is 25.9. The molecule has 2 bridgehead atoms. The second-order valence-corrected chi connectivity index (χ2v) is 11.7. The van der Waals surface area contributed by atoms with Gasteiger partial charge < -0.3 is 10.2 Å². The van der Waals surface area contributed by atoms with E-state index in [9.17, 15) is 14.0 Å². The zero-order valence-corrected chi connectivity index (χ0v) is 23.2. The molecule has 0 radical (unpaired) electrons. The zero-order chi connectivity index (χ0) is 28.1. The van der Waals surface area contributed by atoms with Gasteiger partial charge in [-0.05, 0) is 96.5 Å². The predicted molar refractivity (Wildman–Crippen MR) is 160 cm³/mol. The van der Waals surface area contributed by atoms with Gasteiger partial charge >= 0.3 is 0 Å². The molecule has 206 valence electrons. The van der Waals surface area contributed by atoms with Crippen LogP contribution in [-0.4, -0.2) is 35.3 Å². The number of fused-ring (bicyclic) bond motifs is 6. The quantitative estimate of drug-likeness (QED) is 0.280. The number of hydrogen-bond donors (Lipinski definition) is 1. The second kappa shape index (κ2) is 10.4. The number of piperidine rings is 1. The molecular weight excluding hydrogens is 537 g/mol. The molecule has 0 spiro atoms. The van der Waals surface area contributed by atoms with Crippen molar-refractivity contribution in [1.82, 2.24) is 4.90 Å². The van der Waals surface area contributed by atoms with Crippen molar-refractivity contribution in [2.24, 2.45) is 5.92 Å². The van der Waals surface area contributed by atoms with E-state index in [0.29, 0.717) is 51.9 Å². The van der Waals surface area contributed by atoms with Crippen molar-refractivity contribution < 1.29 is 14.0 Å². The van der Waals surface area contributed by atoms with Crippen LogP contribution in [0.15, 0.2) is 91.0 Å². The number of benzene rings is 4. The minimum Gasteiger partial charge on any atom is -0.322 e. The molecule has 0 aromatic heterocycles. The number of hydrogen-bond acceptors (Lipinski definition) is 3. The maximum absolute atomic E-state index is 14.0. The molecule has 1 saturated carbocycles. The topological polar surface area (TPSA) is 52.7 Å². The minimum absolute atomic E-state index is 0.0716. The number of anilines is 2. The highest BCUT2D eigenvalue weighted by Gasteiger charge is 2.48. The Morgan fingerprint density at radius 1 is 0.902 bits per heavy atom. The monoisotopic (exact) mass is 565 g/mol. The Balaban J connectivity index is 1.12. The van der Waals surface area contributed by atoms with E-state index in [1.807, 2.05) is 29.2 Å². The lowest BCUT2D eigenvalue weighted by Crippen LogP contribution is -2.46. The zero-order valence-electron chi connectivity index (χ0n) is 22.4. The van der Waals surface area contributed by atoms with Crippen LogP contribution in [0, 0.1) is 11.7 Å². The Morgan fingerprint density at radius 3 is 2.49 bits per heavy atom. The van der Waals surface area contributed by atoms with Gasteiger partial charge in [-0.25, -0.2) is 4.39 Å². The van der Waals surface area contributed by atoms with E-state index in [2.05, 4.69) is 16.3 Å². The minimum atomic E-state index is -0.329. The normalized spacial score (nSPS) is 21.2. The standard InChI is InChI=1S/C34H29ClFN3O2/c35-25-11-5-24-19-38-28-16-10-23(17-28)32(38)20-39(31(24)18-25)34(41)22-8-14-27(15-9-22)37-33(40)30-4-2-1-3-29(30)21-6-12-26(36)13-7-21/h1-9,11-15,18,23,28,32H,10,16-17,19-20H2,(H,37,40). The summed E-state index contributed by atoms with van der Waals surface area (Å²) in [6.07, 6.45) is 3.68. The first-order valence-corrected chi connectivity index (χ1v) is 14.4. The lowest BCUT2D eigenvalue weighted by molar-refractivity contribution is 0.0961. The Labute approximate surface area is 243 Å². The van der Waals surface area contributed by atoms with Gasteiger partial charge in [-0.1, -0.05) is 48.0 Å². The smallest absolute Gasteiger partial charge is 0.258 e. The maximum Gasteiger partial charge on any atom is 0.258 e. The maximum atomic E-state index is 14.0. The molecule has 2 heterocycles. The average Bonchev–Trinajstić information content (AvgIpc) is 3.55. The van der Waals surface area contributed by atoms with E-state index in [0.717, 1.165) is 23.4 Å². The van der Waals surface area contributed by atoms with E-state index in [4.69, 9.17) is 11.6 Å². The summed E-state index contributed by atoms with van der Waals surface area (Å²) in [5.41, 5.74) is 5.09. The molecule has 4 aromatic rings. The van der Waals surface area contributed by atoms with Crippen LogP contribution in [0.2, 0.25) is 5.02 Å². The van der Waals surface area contributed by atoms with Crippen LogP contribution < -0.4 is 10.2 Å². The van der Waals surface area contributed by atoms with Crippen LogP contribution in [-0.2, 0) is 6.54 Å². The molecule has 7 rings (SSSR count). The van der Waals surface area contributed by atoms with Crippen LogP contribution in [0.3, 0.4) is 0 Å². The van der Waals surface area contributed by atoms with Crippen LogP contribution in [0.1, 0.15) is 45.5 Å². The molecule has 2 fully saturated rings. The van der Waals surface area contributed by atoms with E-state index in [1.54, 1.807) is 48.5 Å². The van der Waals surface area contributed by atoms with Gasteiger partial charge in [0.15, 0.2) is 0 Å². The predicted octanol–water partition coefficient (Wildman–Crippen LogP) is 7.41. The van der Waals surface area contributed by atoms with Gasteiger partial charge in [-0.3, -0.25) is 14.5 Å². The molecule has 1 saturated heterocycles. The summed E-state index contributed by atoms with van der Waals surface area (Å²) >= 11 is 6.40. The fraction of sp³-hybridized carbons (Fsp3) is 0.235. The summed E-state index contributed by atoms with van der Waals surface area (Å²) in [5.74, 6) is -0.0607. The average molecular weight is 566 g/mol. The van der Waals surface area contributed by atoms with Gasteiger partial charge in [-0.15, -0.1) is 0 Å². The van der Waals surface area contributed by atoms with Crippen molar-refractivity contribution in [3.63, 3.8) is 0 Å². The molecule has 2 aliphatic heterocycles. The molecule has 3 unspecified atom stereocenters. The van der Waals surface area contributed by atoms with Crippen LogP contribution in [0.5, 0.6) is 0 Å². The van der Waals surface area contributed by atoms with Crippen molar-refractivity contribution in [3.8, 4) is 11.1 Å². The summed E-state index contributed by atoms with van der Waals surface area (Å²) in [7, 11) is 0. The molecule has 7 heteroatoms. The SMILES string of the molecule is O=C(Nc1ccc(C(=O)N2CC3C4CCC(C4)N3Cc3ccc(Cl)cc32)cc1)c1ccccc1-c1ccc(F)cc1. The van der Waals surface area contributed by atoms with E-state index in [1.165, 1.54) is 31.4 Å². The summed E-state index contributed by atoms with van der Waals surface area (Å²) in [6.45, 7) is 1.48. The lowest BCUT2D eigenvalue weighted by atomic mass is 9.98. The Hall–Kier alpha value is -4.00.